The molecule has 0 radical (unpaired) electrons. The van der Waals surface area contributed by atoms with Crippen LogP contribution in [0.1, 0.15) is 62.6 Å². The lowest BCUT2D eigenvalue weighted by atomic mass is 9.88. The number of benzene rings is 3. The molecule has 212 valence electrons. The normalized spacial score (nSPS) is 12.9. The highest BCUT2D eigenvalue weighted by molar-refractivity contribution is 5.87. The van der Waals surface area contributed by atoms with E-state index in [2.05, 4.69) is 66.0 Å². The first kappa shape index (κ1) is 29.3. The highest BCUT2D eigenvalue weighted by Crippen LogP contribution is 2.35. The van der Waals surface area contributed by atoms with E-state index >= 15 is 0 Å². The molecule has 1 N–H and O–H groups in total. The average Bonchev–Trinajstić information content (AvgIpc) is 3.33. The summed E-state index contributed by atoms with van der Waals surface area (Å²) in [4.78, 5) is 15.8. The third-order valence-corrected chi connectivity index (χ3v) is 7.78. The molecule has 0 spiro atoms. The third-order valence-electron chi connectivity index (χ3n) is 7.78. The molecule has 0 fully saturated rings. The lowest BCUT2D eigenvalue weighted by molar-refractivity contribution is -0.121. The summed E-state index contributed by atoms with van der Waals surface area (Å²) in [5.41, 5.74) is 4.26. The van der Waals surface area contributed by atoms with E-state index in [0.717, 1.165) is 65.8 Å². The van der Waals surface area contributed by atoms with Crippen molar-refractivity contribution in [3.63, 3.8) is 0 Å². The van der Waals surface area contributed by atoms with Gasteiger partial charge in [0.05, 0.1) is 7.11 Å². The van der Waals surface area contributed by atoms with Crippen LogP contribution in [0.4, 0.5) is 4.39 Å². The van der Waals surface area contributed by atoms with Gasteiger partial charge in [-0.1, -0.05) is 56.3 Å². The molecule has 1 amide bonds. The molecule has 0 aliphatic heterocycles. The number of nitrogens with one attached hydrogen (secondary N) is 1. The first-order chi connectivity index (χ1) is 19.4. The summed E-state index contributed by atoms with van der Waals surface area (Å²) in [6.45, 7) is 10.3. The predicted octanol–water partition coefficient (Wildman–Crippen LogP) is 6.99. The summed E-state index contributed by atoms with van der Waals surface area (Å²) in [6.07, 6.45) is 4.43. The Hall–Kier alpha value is -3.64. The van der Waals surface area contributed by atoms with Crippen LogP contribution in [0.2, 0.25) is 0 Å². The summed E-state index contributed by atoms with van der Waals surface area (Å²) in [5, 5.41) is 4.33. The van der Waals surface area contributed by atoms with E-state index < -0.39 is 0 Å². The van der Waals surface area contributed by atoms with Crippen LogP contribution in [-0.2, 0) is 11.3 Å². The number of nitrogens with zero attached hydrogens (tertiary/aromatic N) is 2. The van der Waals surface area contributed by atoms with Crippen molar-refractivity contribution in [2.45, 2.75) is 58.5 Å². The monoisotopic (exact) mass is 543 g/mol. The van der Waals surface area contributed by atoms with Crippen LogP contribution in [0.15, 0.2) is 79.0 Å². The maximum Gasteiger partial charge on any atom is 0.221 e. The minimum atomic E-state index is -0.282. The van der Waals surface area contributed by atoms with Gasteiger partial charge in [0.25, 0.3) is 0 Å². The van der Waals surface area contributed by atoms with Gasteiger partial charge in [-0.25, -0.2) is 4.39 Å². The zero-order valence-electron chi connectivity index (χ0n) is 24.2. The number of fused-ring (bicyclic) bond motifs is 1. The topological polar surface area (TPSA) is 46.5 Å². The fourth-order valence-electron chi connectivity index (χ4n) is 5.47. The van der Waals surface area contributed by atoms with Crippen LogP contribution < -0.4 is 10.1 Å². The molecule has 0 aliphatic rings. The number of aromatic nitrogens is 1. The SMILES string of the molecule is CCN(CC)CCC[C@@H](C)NC(=O)C[C@@H](c1ccc(F)cc1)c1cn(Cc2ccc(OC)cc2)c2ccccc12. The number of amides is 1. The van der Waals surface area contributed by atoms with E-state index in [1.165, 1.54) is 12.1 Å². The molecule has 40 heavy (non-hydrogen) atoms. The second-order valence-corrected chi connectivity index (χ2v) is 10.5. The highest BCUT2D eigenvalue weighted by atomic mass is 19.1. The van der Waals surface area contributed by atoms with E-state index in [0.29, 0.717) is 13.0 Å². The predicted molar refractivity (Wildman–Crippen MR) is 162 cm³/mol. The van der Waals surface area contributed by atoms with Crippen molar-refractivity contribution in [1.29, 1.82) is 0 Å². The van der Waals surface area contributed by atoms with E-state index in [4.69, 9.17) is 4.74 Å². The van der Waals surface area contributed by atoms with Gasteiger partial charge in [-0.2, -0.15) is 0 Å². The number of methoxy groups -OCH3 is 1. The van der Waals surface area contributed by atoms with Crippen LogP contribution in [0.5, 0.6) is 5.75 Å². The summed E-state index contributed by atoms with van der Waals surface area (Å²) < 4.78 is 21.4. The Kier molecular flexibility index (Phi) is 10.4. The van der Waals surface area contributed by atoms with Crippen molar-refractivity contribution >= 4 is 16.8 Å². The number of carbonyl (C=O) groups excluding carboxylic acids is 1. The lowest BCUT2D eigenvalue weighted by Crippen LogP contribution is -2.34. The molecular formula is C34H42FN3O2. The molecule has 5 nitrogen and oxygen atoms in total. The highest BCUT2D eigenvalue weighted by Gasteiger charge is 2.24. The van der Waals surface area contributed by atoms with E-state index in [9.17, 15) is 9.18 Å². The third kappa shape index (κ3) is 7.51. The standard InChI is InChI=1S/C34H42FN3O2/c1-5-37(6-2)21-9-10-25(3)36-34(39)22-31(27-15-17-28(35)18-16-27)32-24-38(33-12-8-7-11-30(32)33)23-26-13-19-29(40-4)20-14-26/h7-8,11-20,24-25,31H,5-6,9-10,21-23H2,1-4H3,(H,36,39)/t25-,31+/m1/s1. The maximum atomic E-state index is 13.9. The molecule has 1 heterocycles. The largest absolute Gasteiger partial charge is 0.497 e. The van der Waals surface area contributed by atoms with Crippen LogP contribution in [0, 0.1) is 5.82 Å². The number of halogens is 1. The summed E-state index contributed by atoms with van der Waals surface area (Å²) in [5.74, 6) is 0.351. The van der Waals surface area contributed by atoms with Crippen molar-refractivity contribution in [3.05, 3.63) is 102 Å². The molecule has 0 unspecified atom stereocenters. The molecular weight excluding hydrogens is 501 g/mol. The molecule has 2 atom stereocenters. The van der Waals surface area contributed by atoms with Gasteiger partial charge in [0.2, 0.25) is 5.91 Å². The lowest BCUT2D eigenvalue weighted by Gasteiger charge is -2.21. The Labute approximate surface area is 238 Å². The number of rotatable bonds is 14. The van der Waals surface area contributed by atoms with E-state index in [1.807, 2.05) is 24.3 Å². The van der Waals surface area contributed by atoms with Crippen molar-refractivity contribution in [3.8, 4) is 5.75 Å². The number of ether oxygens (including phenoxy) is 1. The Morgan fingerprint density at radius 1 is 1.00 bits per heavy atom. The molecule has 0 saturated carbocycles. The van der Waals surface area contributed by atoms with Crippen molar-refractivity contribution < 1.29 is 13.9 Å². The van der Waals surface area contributed by atoms with Gasteiger partial charge in [-0.3, -0.25) is 4.79 Å². The number of carbonyl (C=O) groups is 1. The number of para-hydroxylation sites is 1. The van der Waals surface area contributed by atoms with Crippen molar-refractivity contribution in [2.24, 2.45) is 0 Å². The zero-order valence-corrected chi connectivity index (χ0v) is 24.2. The maximum absolute atomic E-state index is 13.9. The molecule has 6 heteroatoms. The Morgan fingerprint density at radius 3 is 2.38 bits per heavy atom. The van der Waals surface area contributed by atoms with Gasteiger partial charge in [0.1, 0.15) is 11.6 Å². The van der Waals surface area contributed by atoms with Crippen LogP contribution in [-0.4, -0.2) is 48.2 Å². The minimum absolute atomic E-state index is 0.0108. The fourth-order valence-corrected chi connectivity index (χ4v) is 5.47. The zero-order chi connectivity index (χ0) is 28.5. The molecule has 4 aromatic rings. The van der Waals surface area contributed by atoms with Crippen LogP contribution in [0.25, 0.3) is 10.9 Å². The molecule has 1 aromatic heterocycles. The Balaban J connectivity index is 1.58. The van der Waals surface area contributed by atoms with Gasteiger partial charge in [-0.05, 0) is 86.4 Å². The number of hydrogen-bond donors (Lipinski definition) is 1. The van der Waals surface area contributed by atoms with E-state index in [-0.39, 0.29) is 23.7 Å². The van der Waals surface area contributed by atoms with Gasteiger partial charge in [-0.15, -0.1) is 0 Å². The quantitative estimate of drug-likeness (QED) is 0.187. The first-order valence-corrected chi connectivity index (χ1v) is 14.4. The van der Waals surface area contributed by atoms with Crippen LogP contribution >= 0.6 is 0 Å². The molecule has 4 rings (SSSR count). The summed E-state index contributed by atoms with van der Waals surface area (Å²) in [6, 6.07) is 23.0. The minimum Gasteiger partial charge on any atom is -0.497 e. The Morgan fingerprint density at radius 2 is 1.70 bits per heavy atom. The average molecular weight is 544 g/mol. The van der Waals surface area contributed by atoms with Crippen LogP contribution in [0.3, 0.4) is 0 Å². The van der Waals surface area contributed by atoms with Crippen molar-refractivity contribution in [1.82, 2.24) is 14.8 Å². The number of hydrogen-bond acceptors (Lipinski definition) is 3. The first-order valence-electron chi connectivity index (χ1n) is 14.4. The van der Waals surface area contributed by atoms with Gasteiger partial charge in [0, 0.05) is 42.0 Å². The van der Waals surface area contributed by atoms with E-state index in [1.54, 1.807) is 19.2 Å². The second kappa shape index (κ2) is 14.1. The molecule has 0 saturated heterocycles. The molecule has 0 bridgehead atoms. The fraction of sp³-hybridized carbons (Fsp3) is 0.382. The van der Waals surface area contributed by atoms with Gasteiger partial charge < -0.3 is 19.5 Å². The van der Waals surface area contributed by atoms with Gasteiger partial charge in [0.15, 0.2) is 0 Å². The van der Waals surface area contributed by atoms with Crippen molar-refractivity contribution in [2.75, 3.05) is 26.7 Å². The van der Waals surface area contributed by atoms with Gasteiger partial charge >= 0.3 is 0 Å². The second-order valence-electron chi connectivity index (χ2n) is 10.5. The molecule has 0 aliphatic carbocycles. The smallest absolute Gasteiger partial charge is 0.221 e. The Bertz CT molecular complexity index is 1360. The summed E-state index contributed by atoms with van der Waals surface area (Å²) in [7, 11) is 1.67. The summed E-state index contributed by atoms with van der Waals surface area (Å²) >= 11 is 0. The molecule has 3 aromatic carbocycles.